The first kappa shape index (κ1) is 56.9. The summed E-state index contributed by atoms with van der Waals surface area (Å²) < 4.78 is 48.9. The van der Waals surface area contributed by atoms with Gasteiger partial charge in [0.1, 0.15) is 85.5 Å². The summed E-state index contributed by atoms with van der Waals surface area (Å²) in [6.45, 7) is 15.6. The molecule has 4 aliphatic heterocycles. The van der Waals surface area contributed by atoms with E-state index in [0.29, 0.717) is 25.7 Å². The van der Waals surface area contributed by atoms with Crippen molar-refractivity contribution in [3.05, 3.63) is 22.8 Å². The SMILES string of the molecule is CC1=C2C3=CC[C@@H]4[C@@]5(C)CC[C@H](O[C@H]6OC[C@H](O)[C@H](O[C@H]7O[C@H](CO)[C@H](O)[C@@H](O)[C@@H]7O)[C@@H]6O[C@@H]6O[C@H](C)[C@H](O)[C@H](O)[C@@H]6O)C(C)(C)[C@H]5CC[C@]4(C)[C@]3(C)CC[C@]2(C(=O)O[C@H]2O[C@H](CO)[C@@H](O)[C@H](O)[C@H]2O)CC[C@H]1C. The molecule has 9 aliphatic rings. The van der Waals surface area contributed by atoms with Crippen LogP contribution in [0, 0.1) is 44.8 Å². The highest BCUT2D eigenvalue weighted by molar-refractivity contribution is 5.84. The summed E-state index contributed by atoms with van der Waals surface area (Å²) in [7, 11) is 0. The van der Waals surface area contributed by atoms with Crippen LogP contribution >= 0.6 is 0 Å². The van der Waals surface area contributed by atoms with Crippen molar-refractivity contribution in [1.29, 1.82) is 0 Å². The van der Waals surface area contributed by atoms with E-state index in [1.54, 1.807) is 0 Å². The zero-order valence-electron chi connectivity index (χ0n) is 43.9. The van der Waals surface area contributed by atoms with Gasteiger partial charge in [-0.1, -0.05) is 53.2 Å². The molecule has 4 saturated heterocycles. The van der Waals surface area contributed by atoms with E-state index in [1.807, 2.05) is 0 Å². The smallest absolute Gasteiger partial charge is 0.318 e. The third-order valence-corrected chi connectivity index (χ3v) is 20.7. The Bertz CT molecular complexity index is 2100. The van der Waals surface area contributed by atoms with Gasteiger partial charge < -0.3 is 99.2 Å². The van der Waals surface area contributed by atoms with Crippen LogP contribution in [-0.4, -0.2) is 210 Å². The van der Waals surface area contributed by atoms with Crippen LogP contribution in [0.2, 0.25) is 0 Å². The Morgan fingerprint density at radius 2 is 1.20 bits per heavy atom. The van der Waals surface area contributed by atoms with Crippen LogP contribution in [0.25, 0.3) is 0 Å². The fourth-order valence-corrected chi connectivity index (χ4v) is 15.8. The van der Waals surface area contributed by atoms with Crippen molar-refractivity contribution in [3.63, 3.8) is 0 Å². The van der Waals surface area contributed by atoms with Gasteiger partial charge in [0.15, 0.2) is 18.9 Å². The summed E-state index contributed by atoms with van der Waals surface area (Å²) in [5, 5.41) is 128. The Hall–Kier alpha value is -1.81. The maximum absolute atomic E-state index is 14.8. The molecule has 7 fully saturated rings. The van der Waals surface area contributed by atoms with E-state index in [2.05, 4.69) is 54.5 Å². The number of aliphatic hydroxyl groups excluding tert-OH is 12. The van der Waals surface area contributed by atoms with Crippen LogP contribution in [0.15, 0.2) is 22.8 Å². The Morgan fingerprint density at radius 1 is 0.622 bits per heavy atom. The molecule has 4 heterocycles. The fraction of sp³-hybridized carbons (Fsp3) is 0.906. The van der Waals surface area contributed by atoms with Gasteiger partial charge >= 0.3 is 5.97 Å². The molecule has 0 aromatic heterocycles. The highest BCUT2D eigenvalue weighted by Gasteiger charge is 2.69. The summed E-state index contributed by atoms with van der Waals surface area (Å²) in [6.07, 6.45) is -21.2. The fourth-order valence-electron chi connectivity index (χ4n) is 15.8. The summed E-state index contributed by atoms with van der Waals surface area (Å²) in [5.74, 6) is -0.0396. The van der Waals surface area contributed by atoms with Crippen LogP contribution in [0.5, 0.6) is 0 Å². The van der Waals surface area contributed by atoms with Gasteiger partial charge in [-0.3, -0.25) is 4.79 Å². The number of aliphatic hydroxyl groups is 12. The van der Waals surface area contributed by atoms with Gasteiger partial charge in [0.2, 0.25) is 6.29 Å². The average molecular weight is 1060 g/mol. The molecule has 5 aliphatic carbocycles. The van der Waals surface area contributed by atoms with Crippen molar-refractivity contribution >= 4 is 5.97 Å². The van der Waals surface area contributed by atoms with E-state index >= 15 is 0 Å². The van der Waals surface area contributed by atoms with Crippen molar-refractivity contribution in [2.75, 3.05) is 19.8 Å². The summed E-state index contributed by atoms with van der Waals surface area (Å²) in [6, 6.07) is 0. The minimum atomic E-state index is -1.83. The van der Waals surface area contributed by atoms with Crippen molar-refractivity contribution in [3.8, 4) is 0 Å². The Kier molecular flexibility index (Phi) is 15.9. The predicted octanol–water partition coefficient (Wildman–Crippen LogP) is -0.448. The monoisotopic (exact) mass is 1060 g/mol. The third kappa shape index (κ3) is 8.91. The number of rotatable bonds is 10. The van der Waals surface area contributed by atoms with E-state index in [9.17, 15) is 66.1 Å². The standard InChI is InChI=1S/C53H84O21/c1-22-11-16-53(48(66)74-46-41(65)38(62)35(59)28(20-55)70-46)18-17-51(7)25(32(53)23(22)2)9-10-30-50(6)14-13-31(49(4,5)29(50)12-15-52(30,51)8)71-47-43(73-44-39(63)36(60)33(57)24(3)68-44)42(26(56)21-67-47)72-45-40(64)37(61)34(58)27(19-54)69-45/h9,22,24,26-31,33-47,54-65H,10-21H2,1-8H3/t22-,24-,26+,27-,28-,29-,30-,31+,33+,34+,35-,36+,37-,38+,39+,40+,41-,42+,43+,44+,45-,46-,47-,50+,51-,52+,53-/m1/s1. The second-order valence-electron chi connectivity index (χ2n) is 24.8. The molecule has 0 aromatic carbocycles. The average Bonchev–Trinajstić information content (AvgIpc) is 3.36. The highest BCUT2D eigenvalue weighted by atomic mass is 16.8. The molecule has 0 amide bonds. The predicted molar refractivity (Wildman–Crippen MR) is 255 cm³/mol. The van der Waals surface area contributed by atoms with Crippen molar-refractivity contribution < 1.29 is 104 Å². The molecule has 12 N–H and O–H groups in total. The third-order valence-electron chi connectivity index (χ3n) is 20.7. The minimum Gasteiger partial charge on any atom is -0.432 e. The van der Waals surface area contributed by atoms with Crippen LogP contribution in [0.4, 0.5) is 0 Å². The van der Waals surface area contributed by atoms with Gasteiger partial charge in [0.25, 0.3) is 0 Å². The number of carbonyl (C=O) groups is 1. The summed E-state index contributed by atoms with van der Waals surface area (Å²) in [5.41, 5.74) is 0.921. The maximum Gasteiger partial charge on any atom is 0.318 e. The van der Waals surface area contributed by atoms with Crippen molar-refractivity contribution in [2.24, 2.45) is 44.8 Å². The molecule has 21 heteroatoms. The lowest BCUT2D eigenvalue weighted by Gasteiger charge is -2.70. The molecule has 74 heavy (non-hydrogen) atoms. The molecular weight excluding hydrogens is 973 g/mol. The number of hydrogen-bond acceptors (Lipinski definition) is 21. The van der Waals surface area contributed by atoms with E-state index in [4.69, 9.17) is 37.9 Å². The molecule has 0 radical (unpaired) electrons. The van der Waals surface area contributed by atoms with E-state index in [1.165, 1.54) is 6.92 Å². The number of esters is 1. The Balaban J connectivity index is 0.981. The highest BCUT2D eigenvalue weighted by Crippen LogP contribution is 2.75. The van der Waals surface area contributed by atoms with Gasteiger partial charge in [-0.25, -0.2) is 0 Å². The maximum atomic E-state index is 14.8. The van der Waals surface area contributed by atoms with E-state index in [-0.39, 0.29) is 40.6 Å². The summed E-state index contributed by atoms with van der Waals surface area (Å²) >= 11 is 0. The summed E-state index contributed by atoms with van der Waals surface area (Å²) in [4.78, 5) is 14.8. The largest absolute Gasteiger partial charge is 0.432 e. The van der Waals surface area contributed by atoms with E-state index in [0.717, 1.165) is 48.8 Å². The van der Waals surface area contributed by atoms with Crippen LogP contribution < -0.4 is 0 Å². The minimum absolute atomic E-state index is 0.118. The van der Waals surface area contributed by atoms with Gasteiger partial charge in [0, 0.05) is 0 Å². The Labute approximate surface area is 432 Å². The normalized spacial score (nSPS) is 53.5. The molecule has 21 nitrogen and oxygen atoms in total. The van der Waals surface area contributed by atoms with E-state index < -0.39 is 153 Å². The molecule has 27 atom stereocenters. The number of carbonyl (C=O) groups excluding carboxylic acids is 1. The first-order valence-electron chi connectivity index (χ1n) is 26.9. The molecule has 0 spiro atoms. The molecule has 0 unspecified atom stereocenters. The van der Waals surface area contributed by atoms with Crippen LogP contribution in [-0.2, 0) is 42.7 Å². The van der Waals surface area contributed by atoms with Crippen molar-refractivity contribution in [1.82, 2.24) is 0 Å². The van der Waals surface area contributed by atoms with Crippen LogP contribution in [0.3, 0.4) is 0 Å². The number of ether oxygens (including phenoxy) is 8. The molecule has 0 bridgehead atoms. The van der Waals surface area contributed by atoms with Gasteiger partial charge in [-0.05, 0) is 122 Å². The lowest BCUT2D eigenvalue weighted by Crippen LogP contribution is -2.66. The van der Waals surface area contributed by atoms with Gasteiger partial charge in [-0.15, -0.1) is 0 Å². The van der Waals surface area contributed by atoms with Crippen molar-refractivity contribution in [2.45, 2.75) is 236 Å². The zero-order chi connectivity index (χ0) is 53.9. The molecular formula is C53H84O21. The first-order valence-corrected chi connectivity index (χ1v) is 26.9. The molecule has 3 saturated carbocycles. The second kappa shape index (κ2) is 20.7. The van der Waals surface area contributed by atoms with Gasteiger partial charge in [-0.2, -0.15) is 0 Å². The van der Waals surface area contributed by atoms with Crippen LogP contribution in [0.1, 0.15) is 113 Å². The lowest BCUT2D eigenvalue weighted by atomic mass is 9.34. The number of allylic oxidation sites excluding steroid dienone is 3. The van der Waals surface area contributed by atoms with Gasteiger partial charge in [0.05, 0.1) is 37.4 Å². The Morgan fingerprint density at radius 3 is 1.84 bits per heavy atom. The second-order valence-corrected chi connectivity index (χ2v) is 24.8. The lowest BCUT2D eigenvalue weighted by molar-refractivity contribution is -0.388. The number of fused-ring (bicyclic) bond motifs is 7. The zero-order valence-corrected chi connectivity index (χ0v) is 43.9. The quantitative estimate of drug-likeness (QED) is 0.0974. The molecule has 9 rings (SSSR count). The first-order chi connectivity index (χ1) is 34.7. The molecule has 422 valence electrons. The number of hydrogen-bond donors (Lipinski definition) is 12. The topological polar surface area (TPSA) is 334 Å². The molecule has 0 aromatic rings.